The zero-order chi connectivity index (χ0) is 13.5. The molecular formula is C15H28N4. The molecule has 2 rings (SSSR count). The van der Waals surface area contributed by atoms with Crippen molar-refractivity contribution in [3.63, 3.8) is 0 Å². The molecule has 0 bridgehead atoms. The van der Waals surface area contributed by atoms with Gasteiger partial charge in [0.25, 0.3) is 0 Å². The van der Waals surface area contributed by atoms with Gasteiger partial charge in [-0.1, -0.05) is 6.92 Å². The third-order valence-corrected chi connectivity index (χ3v) is 4.00. The number of piperidine rings is 1. The molecule has 4 nitrogen and oxygen atoms in total. The summed E-state index contributed by atoms with van der Waals surface area (Å²) in [5, 5.41) is 7.83. The van der Waals surface area contributed by atoms with E-state index in [-0.39, 0.29) is 0 Å². The first-order chi connectivity index (χ1) is 9.33. The van der Waals surface area contributed by atoms with Crippen LogP contribution < -0.4 is 5.32 Å². The summed E-state index contributed by atoms with van der Waals surface area (Å²) >= 11 is 0. The second-order valence-corrected chi connectivity index (χ2v) is 5.57. The van der Waals surface area contributed by atoms with Crippen LogP contribution in [0.5, 0.6) is 0 Å². The molecule has 1 N–H and O–H groups in total. The number of rotatable bonds is 7. The van der Waals surface area contributed by atoms with E-state index in [1.54, 1.807) is 0 Å². The Balaban J connectivity index is 1.91. The van der Waals surface area contributed by atoms with E-state index >= 15 is 0 Å². The zero-order valence-electron chi connectivity index (χ0n) is 12.4. The normalized spacial score (nSPS) is 17.2. The Morgan fingerprint density at radius 2 is 2.16 bits per heavy atom. The predicted molar refractivity (Wildman–Crippen MR) is 79.1 cm³/mol. The lowest BCUT2D eigenvalue weighted by atomic mass is 9.97. The van der Waals surface area contributed by atoms with E-state index in [1.807, 2.05) is 6.20 Å². The van der Waals surface area contributed by atoms with E-state index in [0.29, 0.717) is 0 Å². The summed E-state index contributed by atoms with van der Waals surface area (Å²) < 4.78 is 2.12. The van der Waals surface area contributed by atoms with Crippen molar-refractivity contribution < 1.29 is 0 Å². The van der Waals surface area contributed by atoms with Crippen LogP contribution in [0.4, 0.5) is 0 Å². The maximum absolute atomic E-state index is 4.37. The van der Waals surface area contributed by atoms with Crippen LogP contribution >= 0.6 is 0 Å². The summed E-state index contributed by atoms with van der Waals surface area (Å²) in [6.45, 7) is 11.3. The first-order valence-electron chi connectivity index (χ1n) is 7.77. The minimum atomic E-state index is 0.866. The molecule has 1 aliphatic heterocycles. The molecule has 19 heavy (non-hydrogen) atoms. The fourth-order valence-electron chi connectivity index (χ4n) is 2.99. The standard InChI is InChI=1S/C15H28N4/c1-3-11-18(12-14-5-8-16-9-6-14)13-15-7-10-17-19(15)4-2/h7,10,14,16H,3-6,8-9,11-13H2,1-2H3. The van der Waals surface area contributed by atoms with Gasteiger partial charge in [0.2, 0.25) is 0 Å². The first kappa shape index (κ1) is 14.5. The van der Waals surface area contributed by atoms with Gasteiger partial charge in [-0.2, -0.15) is 5.10 Å². The van der Waals surface area contributed by atoms with Crippen molar-refractivity contribution in [2.75, 3.05) is 26.2 Å². The quantitative estimate of drug-likeness (QED) is 0.819. The molecule has 108 valence electrons. The number of hydrogen-bond acceptors (Lipinski definition) is 3. The van der Waals surface area contributed by atoms with Crippen LogP contribution in [0.2, 0.25) is 0 Å². The number of aryl methyl sites for hydroxylation is 1. The van der Waals surface area contributed by atoms with Crippen molar-refractivity contribution in [3.8, 4) is 0 Å². The van der Waals surface area contributed by atoms with Crippen molar-refractivity contribution in [3.05, 3.63) is 18.0 Å². The fourth-order valence-corrected chi connectivity index (χ4v) is 2.99. The third kappa shape index (κ3) is 4.32. The third-order valence-electron chi connectivity index (χ3n) is 4.00. The highest BCUT2D eigenvalue weighted by molar-refractivity contribution is 5.00. The van der Waals surface area contributed by atoms with Crippen molar-refractivity contribution in [2.24, 2.45) is 5.92 Å². The smallest absolute Gasteiger partial charge is 0.0524 e. The molecule has 1 aromatic heterocycles. The summed E-state index contributed by atoms with van der Waals surface area (Å²) in [6, 6.07) is 2.16. The molecule has 0 amide bonds. The minimum Gasteiger partial charge on any atom is -0.317 e. The van der Waals surface area contributed by atoms with Gasteiger partial charge in [0.15, 0.2) is 0 Å². The minimum absolute atomic E-state index is 0.866. The van der Waals surface area contributed by atoms with Crippen LogP contribution in [0.25, 0.3) is 0 Å². The van der Waals surface area contributed by atoms with Crippen molar-refractivity contribution in [2.45, 2.75) is 46.2 Å². The lowest BCUT2D eigenvalue weighted by molar-refractivity contribution is 0.194. The van der Waals surface area contributed by atoms with Gasteiger partial charge in [0.05, 0.1) is 5.69 Å². The Bertz CT molecular complexity index is 355. The Kier molecular flexibility index (Phi) is 5.86. The molecule has 0 spiro atoms. The molecule has 1 aliphatic rings. The number of aromatic nitrogens is 2. The molecule has 0 radical (unpaired) electrons. The summed E-state index contributed by atoms with van der Waals surface area (Å²) in [6.07, 6.45) is 5.80. The second kappa shape index (κ2) is 7.65. The summed E-state index contributed by atoms with van der Waals surface area (Å²) in [7, 11) is 0. The second-order valence-electron chi connectivity index (χ2n) is 5.57. The van der Waals surface area contributed by atoms with Gasteiger partial charge in [-0.3, -0.25) is 9.58 Å². The van der Waals surface area contributed by atoms with Gasteiger partial charge >= 0.3 is 0 Å². The van der Waals surface area contributed by atoms with E-state index in [1.165, 1.54) is 51.1 Å². The summed E-state index contributed by atoms with van der Waals surface area (Å²) in [5.41, 5.74) is 1.35. The Morgan fingerprint density at radius 3 is 2.84 bits per heavy atom. The Hall–Kier alpha value is -0.870. The monoisotopic (exact) mass is 264 g/mol. The number of nitrogens with one attached hydrogen (secondary N) is 1. The van der Waals surface area contributed by atoms with Crippen LogP contribution in [0, 0.1) is 5.92 Å². The number of nitrogens with zero attached hydrogens (tertiary/aromatic N) is 3. The maximum Gasteiger partial charge on any atom is 0.0524 e. The SMILES string of the molecule is CCCN(Cc1ccnn1CC)CC1CCNCC1. The maximum atomic E-state index is 4.37. The molecule has 1 fully saturated rings. The van der Waals surface area contributed by atoms with Crippen molar-refractivity contribution in [1.82, 2.24) is 20.0 Å². The highest BCUT2D eigenvalue weighted by Gasteiger charge is 2.17. The van der Waals surface area contributed by atoms with Gasteiger partial charge in [-0.05, 0) is 57.8 Å². The van der Waals surface area contributed by atoms with Crippen LogP contribution in [-0.2, 0) is 13.1 Å². The predicted octanol–water partition coefficient (Wildman–Crippen LogP) is 2.11. The first-order valence-corrected chi connectivity index (χ1v) is 7.77. The molecule has 0 aliphatic carbocycles. The van der Waals surface area contributed by atoms with Gasteiger partial charge < -0.3 is 5.32 Å². The van der Waals surface area contributed by atoms with Gasteiger partial charge in [0, 0.05) is 25.8 Å². The van der Waals surface area contributed by atoms with Gasteiger partial charge in [0.1, 0.15) is 0 Å². The summed E-state index contributed by atoms with van der Waals surface area (Å²) in [5.74, 6) is 0.866. The molecule has 1 saturated heterocycles. The van der Waals surface area contributed by atoms with Gasteiger partial charge in [-0.25, -0.2) is 0 Å². The Labute approximate surface area is 117 Å². The lowest BCUT2D eigenvalue weighted by Crippen LogP contribution is -2.36. The molecule has 4 heteroatoms. The lowest BCUT2D eigenvalue weighted by Gasteiger charge is -2.30. The highest BCUT2D eigenvalue weighted by atomic mass is 15.3. The van der Waals surface area contributed by atoms with Crippen LogP contribution in [-0.4, -0.2) is 40.9 Å². The number of hydrogen-bond donors (Lipinski definition) is 1. The topological polar surface area (TPSA) is 33.1 Å². The van der Waals surface area contributed by atoms with Gasteiger partial charge in [-0.15, -0.1) is 0 Å². The largest absolute Gasteiger partial charge is 0.317 e. The average Bonchev–Trinajstić information content (AvgIpc) is 2.87. The van der Waals surface area contributed by atoms with E-state index in [9.17, 15) is 0 Å². The van der Waals surface area contributed by atoms with E-state index < -0.39 is 0 Å². The molecule has 2 heterocycles. The molecular weight excluding hydrogens is 236 g/mol. The van der Waals surface area contributed by atoms with Crippen LogP contribution in [0.1, 0.15) is 38.8 Å². The van der Waals surface area contributed by atoms with Crippen molar-refractivity contribution >= 4 is 0 Å². The molecule has 0 unspecified atom stereocenters. The Morgan fingerprint density at radius 1 is 1.37 bits per heavy atom. The van der Waals surface area contributed by atoms with E-state index in [4.69, 9.17) is 0 Å². The van der Waals surface area contributed by atoms with Crippen LogP contribution in [0.3, 0.4) is 0 Å². The molecule has 0 saturated carbocycles. The van der Waals surface area contributed by atoms with E-state index in [2.05, 4.69) is 39.9 Å². The van der Waals surface area contributed by atoms with Crippen molar-refractivity contribution in [1.29, 1.82) is 0 Å². The molecule has 1 aromatic rings. The van der Waals surface area contributed by atoms with E-state index in [0.717, 1.165) is 19.0 Å². The molecule has 0 aromatic carbocycles. The zero-order valence-corrected chi connectivity index (χ0v) is 12.4. The van der Waals surface area contributed by atoms with Crippen LogP contribution in [0.15, 0.2) is 12.3 Å². The highest BCUT2D eigenvalue weighted by Crippen LogP contribution is 2.15. The molecule has 0 atom stereocenters. The average molecular weight is 264 g/mol. The summed E-state index contributed by atoms with van der Waals surface area (Å²) in [4.78, 5) is 2.61. The fraction of sp³-hybridized carbons (Fsp3) is 0.800.